The number of sulfone groups is 1. The molecular weight excluding hydrogens is 292 g/mol. The largest absolute Gasteiger partial charge is 0.506 e. The van der Waals surface area contributed by atoms with Gasteiger partial charge in [0.2, 0.25) is 9.84 Å². The Morgan fingerprint density at radius 2 is 1.14 bits per heavy atom. The van der Waals surface area contributed by atoms with Crippen molar-refractivity contribution in [3.05, 3.63) is 35.4 Å². The Morgan fingerprint density at radius 3 is 1.48 bits per heavy atom. The van der Waals surface area contributed by atoms with E-state index in [2.05, 4.69) is 0 Å². The van der Waals surface area contributed by atoms with E-state index in [0.717, 1.165) is 0 Å². The van der Waals surface area contributed by atoms with Crippen molar-refractivity contribution in [3.8, 4) is 11.5 Å². The predicted molar refractivity (Wildman–Crippen MR) is 80.0 cm³/mol. The van der Waals surface area contributed by atoms with Crippen LogP contribution in [-0.2, 0) is 9.84 Å². The van der Waals surface area contributed by atoms with E-state index in [1.807, 2.05) is 0 Å². The summed E-state index contributed by atoms with van der Waals surface area (Å²) in [5, 5.41) is 19.0. The van der Waals surface area contributed by atoms with Crippen LogP contribution < -0.4 is 11.5 Å². The number of nitrogen functional groups attached to an aromatic ring is 2. The number of hydrogen-bond acceptors (Lipinski definition) is 6. The van der Waals surface area contributed by atoms with Gasteiger partial charge in [-0.3, -0.25) is 0 Å². The number of benzene rings is 2. The number of phenols is 2. The van der Waals surface area contributed by atoms with Crippen molar-refractivity contribution < 1.29 is 18.6 Å². The van der Waals surface area contributed by atoms with Gasteiger partial charge in [-0.2, -0.15) is 0 Å². The zero-order chi connectivity index (χ0) is 15.9. The first-order valence-electron chi connectivity index (χ1n) is 6.09. The first kappa shape index (κ1) is 15.0. The van der Waals surface area contributed by atoms with E-state index < -0.39 is 9.84 Å². The van der Waals surface area contributed by atoms with Crippen LogP contribution in [0.3, 0.4) is 0 Å². The van der Waals surface area contributed by atoms with E-state index in [-0.39, 0.29) is 43.8 Å². The molecule has 7 heteroatoms. The van der Waals surface area contributed by atoms with Crippen LogP contribution in [0, 0.1) is 13.8 Å². The van der Waals surface area contributed by atoms with Crippen LogP contribution in [0.2, 0.25) is 0 Å². The van der Waals surface area contributed by atoms with E-state index in [0.29, 0.717) is 0 Å². The highest BCUT2D eigenvalue weighted by Gasteiger charge is 2.25. The number of anilines is 2. The summed E-state index contributed by atoms with van der Waals surface area (Å²) in [4.78, 5) is -0.0167. The lowest BCUT2D eigenvalue weighted by Gasteiger charge is -2.14. The summed E-state index contributed by atoms with van der Waals surface area (Å²) in [5.41, 5.74) is 11.9. The molecule has 2 aromatic carbocycles. The number of aromatic hydroxyl groups is 2. The minimum Gasteiger partial charge on any atom is -0.506 e. The van der Waals surface area contributed by atoms with Crippen LogP contribution in [0.15, 0.2) is 34.1 Å². The third kappa shape index (κ3) is 2.25. The van der Waals surface area contributed by atoms with Gasteiger partial charge >= 0.3 is 0 Å². The molecule has 0 aromatic heterocycles. The molecule has 2 aromatic rings. The van der Waals surface area contributed by atoms with E-state index in [4.69, 9.17) is 11.5 Å². The fourth-order valence-corrected chi connectivity index (χ4v) is 3.85. The summed E-state index contributed by atoms with van der Waals surface area (Å²) in [6, 6.07) is 5.04. The highest BCUT2D eigenvalue weighted by molar-refractivity contribution is 7.91. The molecule has 112 valence electrons. The van der Waals surface area contributed by atoms with Gasteiger partial charge in [-0.25, -0.2) is 8.42 Å². The molecule has 0 aliphatic carbocycles. The number of phenolic OH excluding ortho intramolecular Hbond substituents is 2. The first-order chi connectivity index (χ1) is 9.67. The molecule has 0 saturated carbocycles. The van der Waals surface area contributed by atoms with Gasteiger partial charge in [0.05, 0.1) is 21.2 Å². The van der Waals surface area contributed by atoms with E-state index in [9.17, 15) is 18.6 Å². The second kappa shape index (κ2) is 4.85. The smallest absolute Gasteiger partial charge is 0.207 e. The molecule has 0 fully saturated rings. The topological polar surface area (TPSA) is 127 Å². The normalized spacial score (nSPS) is 11.5. The fraction of sp³-hybridized carbons (Fsp3) is 0.143. The molecule has 2 rings (SSSR count). The summed E-state index contributed by atoms with van der Waals surface area (Å²) in [6.45, 7) is 3.03. The quantitative estimate of drug-likeness (QED) is 0.494. The highest BCUT2D eigenvalue weighted by Crippen LogP contribution is 2.36. The summed E-state index contributed by atoms with van der Waals surface area (Å²) >= 11 is 0. The summed E-state index contributed by atoms with van der Waals surface area (Å²) in [7, 11) is -3.86. The van der Waals surface area contributed by atoms with E-state index in [1.54, 1.807) is 0 Å². The Labute approximate surface area is 122 Å². The summed E-state index contributed by atoms with van der Waals surface area (Å²) in [6.07, 6.45) is 0. The standard InChI is InChI=1S/C14H16N2O4S/c1-7-11(5-3-9(17)13(7)15)21(19,20)12-6-4-10(18)14(16)8(12)2/h3-6,17-18H,15-16H2,1-2H3. The van der Waals surface area contributed by atoms with Crippen LogP contribution >= 0.6 is 0 Å². The Balaban J connectivity index is 2.75. The molecule has 0 spiro atoms. The van der Waals surface area contributed by atoms with Crippen LogP contribution in [0.25, 0.3) is 0 Å². The third-order valence-corrected chi connectivity index (χ3v) is 5.51. The lowest BCUT2D eigenvalue weighted by atomic mass is 10.2. The molecule has 0 heterocycles. The van der Waals surface area contributed by atoms with Gasteiger partial charge in [-0.05, 0) is 49.2 Å². The summed E-state index contributed by atoms with van der Waals surface area (Å²) < 4.78 is 25.5. The number of nitrogens with two attached hydrogens (primary N) is 2. The van der Waals surface area contributed by atoms with Crippen molar-refractivity contribution in [2.75, 3.05) is 11.5 Å². The Bertz CT molecular complexity index is 766. The molecule has 0 bridgehead atoms. The fourth-order valence-electron chi connectivity index (χ4n) is 2.09. The van der Waals surface area contributed by atoms with E-state index >= 15 is 0 Å². The van der Waals surface area contributed by atoms with Crippen molar-refractivity contribution in [1.82, 2.24) is 0 Å². The molecule has 0 unspecified atom stereocenters. The predicted octanol–water partition coefficient (Wildman–Crippen LogP) is 1.71. The summed E-state index contributed by atoms with van der Waals surface area (Å²) in [5.74, 6) is -0.346. The number of rotatable bonds is 2. The van der Waals surface area contributed by atoms with Crippen molar-refractivity contribution in [2.24, 2.45) is 0 Å². The first-order valence-corrected chi connectivity index (χ1v) is 7.57. The van der Waals surface area contributed by atoms with Gasteiger partial charge in [0.15, 0.2) is 0 Å². The Morgan fingerprint density at radius 1 is 0.810 bits per heavy atom. The minimum atomic E-state index is -3.86. The maximum Gasteiger partial charge on any atom is 0.207 e. The molecule has 0 amide bonds. The lowest BCUT2D eigenvalue weighted by molar-refractivity contribution is 0.476. The zero-order valence-electron chi connectivity index (χ0n) is 11.6. The zero-order valence-corrected chi connectivity index (χ0v) is 12.4. The van der Waals surface area contributed by atoms with Gasteiger partial charge in [0.25, 0.3) is 0 Å². The number of hydrogen-bond donors (Lipinski definition) is 4. The average molecular weight is 308 g/mol. The molecule has 0 aliphatic heterocycles. The van der Waals surface area contributed by atoms with Gasteiger partial charge in [0, 0.05) is 0 Å². The van der Waals surface area contributed by atoms with Crippen molar-refractivity contribution in [2.45, 2.75) is 23.6 Å². The molecule has 0 saturated heterocycles. The lowest BCUT2D eigenvalue weighted by Crippen LogP contribution is -2.09. The monoisotopic (exact) mass is 308 g/mol. The van der Waals surface area contributed by atoms with Crippen LogP contribution in [-0.4, -0.2) is 18.6 Å². The molecule has 6 N–H and O–H groups in total. The van der Waals surface area contributed by atoms with Crippen molar-refractivity contribution >= 4 is 21.2 Å². The molecular formula is C14H16N2O4S. The van der Waals surface area contributed by atoms with Crippen LogP contribution in [0.4, 0.5) is 11.4 Å². The van der Waals surface area contributed by atoms with Gasteiger partial charge in [-0.1, -0.05) is 0 Å². The second-order valence-electron chi connectivity index (χ2n) is 4.75. The SMILES string of the molecule is Cc1c(S(=O)(=O)c2ccc(O)c(N)c2C)ccc(O)c1N. The van der Waals surface area contributed by atoms with Gasteiger partial charge in [0.1, 0.15) is 11.5 Å². The maximum absolute atomic E-state index is 12.7. The van der Waals surface area contributed by atoms with Gasteiger partial charge in [-0.15, -0.1) is 0 Å². The molecule has 0 aliphatic rings. The molecule has 0 atom stereocenters. The maximum atomic E-state index is 12.7. The average Bonchev–Trinajstić information content (AvgIpc) is 2.41. The third-order valence-electron chi connectivity index (χ3n) is 3.46. The molecule has 0 radical (unpaired) electrons. The Hall–Kier alpha value is -2.41. The highest BCUT2D eigenvalue weighted by atomic mass is 32.2. The van der Waals surface area contributed by atoms with Crippen molar-refractivity contribution in [3.63, 3.8) is 0 Å². The van der Waals surface area contributed by atoms with Crippen LogP contribution in [0.5, 0.6) is 11.5 Å². The molecule has 21 heavy (non-hydrogen) atoms. The van der Waals surface area contributed by atoms with Crippen molar-refractivity contribution in [1.29, 1.82) is 0 Å². The molecule has 6 nitrogen and oxygen atoms in total. The Kier molecular flexibility index (Phi) is 3.46. The van der Waals surface area contributed by atoms with Crippen LogP contribution in [0.1, 0.15) is 11.1 Å². The minimum absolute atomic E-state index is 0.00834. The van der Waals surface area contributed by atoms with E-state index in [1.165, 1.54) is 38.1 Å². The van der Waals surface area contributed by atoms with Gasteiger partial charge < -0.3 is 21.7 Å². The second-order valence-corrected chi connectivity index (χ2v) is 6.63.